The van der Waals surface area contributed by atoms with Crippen molar-refractivity contribution in [2.75, 3.05) is 18.5 Å². The molecule has 2 N–H and O–H groups in total. The van der Waals surface area contributed by atoms with E-state index in [0.717, 1.165) is 11.1 Å². The molecule has 0 fully saturated rings. The Bertz CT molecular complexity index is 819. The van der Waals surface area contributed by atoms with Crippen LogP contribution in [0.3, 0.4) is 0 Å². The molecule has 0 aromatic heterocycles. The second kappa shape index (κ2) is 9.01. The number of amides is 2. The molecule has 0 aliphatic rings. The zero-order valence-corrected chi connectivity index (χ0v) is 15.2. The van der Waals surface area contributed by atoms with Gasteiger partial charge in [0.2, 0.25) is 0 Å². The number of nitrogens with one attached hydrogen (secondary N) is 2. The quantitative estimate of drug-likeness (QED) is 0.761. The van der Waals surface area contributed by atoms with Crippen LogP contribution in [-0.4, -0.2) is 30.9 Å². The SMILES string of the molecule is Cc1ccc(NC(=O)COC(=O)CNC(=O)c2ccc(Cl)cc2)cc1C. The molecule has 26 heavy (non-hydrogen) atoms. The number of aryl methyl sites for hydroxylation is 2. The molecule has 2 aromatic carbocycles. The Morgan fingerprint density at radius 2 is 1.69 bits per heavy atom. The van der Waals surface area contributed by atoms with Gasteiger partial charge in [0, 0.05) is 16.3 Å². The van der Waals surface area contributed by atoms with Crippen molar-refractivity contribution in [3.05, 3.63) is 64.2 Å². The monoisotopic (exact) mass is 374 g/mol. The Labute approximate surface area is 156 Å². The van der Waals surface area contributed by atoms with Gasteiger partial charge >= 0.3 is 5.97 Å². The van der Waals surface area contributed by atoms with E-state index in [-0.39, 0.29) is 6.54 Å². The van der Waals surface area contributed by atoms with Crippen LogP contribution in [0, 0.1) is 13.8 Å². The Morgan fingerprint density at radius 3 is 2.35 bits per heavy atom. The molecule has 136 valence electrons. The van der Waals surface area contributed by atoms with Crippen LogP contribution in [-0.2, 0) is 14.3 Å². The van der Waals surface area contributed by atoms with Gasteiger partial charge in [-0.05, 0) is 61.4 Å². The summed E-state index contributed by atoms with van der Waals surface area (Å²) in [6.45, 7) is 3.15. The van der Waals surface area contributed by atoms with Crippen LogP contribution in [0.4, 0.5) is 5.69 Å². The smallest absolute Gasteiger partial charge is 0.325 e. The second-order valence-electron chi connectivity index (χ2n) is 5.70. The van der Waals surface area contributed by atoms with E-state index in [4.69, 9.17) is 16.3 Å². The third-order valence-corrected chi connectivity index (χ3v) is 3.91. The Morgan fingerprint density at radius 1 is 1.00 bits per heavy atom. The first-order valence-corrected chi connectivity index (χ1v) is 8.29. The maximum atomic E-state index is 11.9. The van der Waals surface area contributed by atoms with E-state index in [1.807, 2.05) is 26.0 Å². The zero-order chi connectivity index (χ0) is 19.1. The number of halogens is 1. The molecule has 0 aliphatic carbocycles. The molecule has 0 bridgehead atoms. The third kappa shape index (κ3) is 5.89. The summed E-state index contributed by atoms with van der Waals surface area (Å²) in [6, 6.07) is 11.7. The van der Waals surface area contributed by atoms with Crippen molar-refractivity contribution in [3.63, 3.8) is 0 Å². The molecule has 7 heteroatoms. The first kappa shape index (κ1) is 19.5. The number of carbonyl (C=O) groups is 3. The number of benzene rings is 2. The van der Waals surface area contributed by atoms with Crippen molar-refractivity contribution in [3.8, 4) is 0 Å². The van der Waals surface area contributed by atoms with Gasteiger partial charge in [-0.15, -0.1) is 0 Å². The van der Waals surface area contributed by atoms with E-state index in [0.29, 0.717) is 16.3 Å². The average Bonchev–Trinajstić information content (AvgIpc) is 2.61. The minimum Gasteiger partial charge on any atom is -0.454 e. The van der Waals surface area contributed by atoms with Crippen LogP contribution < -0.4 is 10.6 Å². The molecule has 0 saturated carbocycles. The van der Waals surface area contributed by atoms with E-state index in [2.05, 4.69) is 10.6 Å². The lowest BCUT2D eigenvalue weighted by molar-refractivity contribution is -0.146. The fourth-order valence-electron chi connectivity index (χ4n) is 2.07. The second-order valence-corrected chi connectivity index (χ2v) is 6.13. The summed E-state index contributed by atoms with van der Waals surface area (Å²) in [5.41, 5.74) is 3.16. The van der Waals surface area contributed by atoms with Gasteiger partial charge in [0.1, 0.15) is 6.54 Å². The van der Waals surface area contributed by atoms with E-state index < -0.39 is 24.4 Å². The molecule has 0 radical (unpaired) electrons. The lowest BCUT2D eigenvalue weighted by Gasteiger charge is -2.09. The first-order chi connectivity index (χ1) is 12.3. The van der Waals surface area contributed by atoms with Crippen LogP contribution in [0.15, 0.2) is 42.5 Å². The zero-order valence-electron chi connectivity index (χ0n) is 14.5. The Hall–Kier alpha value is -2.86. The van der Waals surface area contributed by atoms with Crippen molar-refractivity contribution in [1.82, 2.24) is 5.32 Å². The number of anilines is 1. The third-order valence-electron chi connectivity index (χ3n) is 3.65. The number of rotatable bonds is 6. The fraction of sp³-hybridized carbons (Fsp3) is 0.211. The molecule has 0 saturated heterocycles. The fourth-order valence-corrected chi connectivity index (χ4v) is 2.20. The summed E-state index contributed by atoms with van der Waals surface area (Å²) in [4.78, 5) is 35.3. The summed E-state index contributed by atoms with van der Waals surface area (Å²) in [5, 5.41) is 5.57. The average molecular weight is 375 g/mol. The highest BCUT2D eigenvalue weighted by Gasteiger charge is 2.11. The lowest BCUT2D eigenvalue weighted by atomic mass is 10.1. The molecule has 0 spiro atoms. The number of hydrogen-bond donors (Lipinski definition) is 2. The predicted molar refractivity (Wildman–Crippen MR) is 99.3 cm³/mol. The van der Waals surface area contributed by atoms with Crippen LogP contribution >= 0.6 is 11.6 Å². The molecule has 0 aliphatic heterocycles. The largest absolute Gasteiger partial charge is 0.454 e. The van der Waals surface area contributed by atoms with Crippen molar-refractivity contribution >= 4 is 35.1 Å². The van der Waals surface area contributed by atoms with Crippen molar-refractivity contribution in [2.45, 2.75) is 13.8 Å². The van der Waals surface area contributed by atoms with Crippen LogP contribution in [0.2, 0.25) is 5.02 Å². The first-order valence-electron chi connectivity index (χ1n) is 7.91. The van der Waals surface area contributed by atoms with Gasteiger partial charge in [0.25, 0.3) is 11.8 Å². The minimum absolute atomic E-state index is 0.335. The molecule has 2 amide bonds. The number of esters is 1. The summed E-state index contributed by atoms with van der Waals surface area (Å²) in [7, 11) is 0. The van der Waals surface area contributed by atoms with Crippen molar-refractivity contribution < 1.29 is 19.1 Å². The highest BCUT2D eigenvalue weighted by molar-refractivity contribution is 6.30. The molecule has 0 unspecified atom stereocenters. The van der Waals surface area contributed by atoms with Gasteiger partial charge in [-0.25, -0.2) is 0 Å². The van der Waals surface area contributed by atoms with Crippen LogP contribution in [0.25, 0.3) is 0 Å². The maximum Gasteiger partial charge on any atom is 0.325 e. The van der Waals surface area contributed by atoms with E-state index in [9.17, 15) is 14.4 Å². The Kier molecular flexibility index (Phi) is 6.74. The molecule has 2 aromatic rings. The van der Waals surface area contributed by atoms with Gasteiger partial charge in [-0.2, -0.15) is 0 Å². The number of hydrogen-bond acceptors (Lipinski definition) is 4. The highest BCUT2D eigenvalue weighted by atomic mass is 35.5. The molecular formula is C19H19ClN2O4. The van der Waals surface area contributed by atoms with Gasteiger partial charge < -0.3 is 15.4 Å². The van der Waals surface area contributed by atoms with Crippen LogP contribution in [0.5, 0.6) is 0 Å². The lowest BCUT2D eigenvalue weighted by Crippen LogP contribution is -2.32. The van der Waals surface area contributed by atoms with Gasteiger partial charge in [-0.1, -0.05) is 17.7 Å². The molecule has 0 atom stereocenters. The van der Waals surface area contributed by atoms with Crippen molar-refractivity contribution in [1.29, 1.82) is 0 Å². The molecule has 2 rings (SSSR count). The van der Waals surface area contributed by atoms with Gasteiger partial charge in [0.05, 0.1) is 0 Å². The van der Waals surface area contributed by atoms with Gasteiger partial charge in [-0.3, -0.25) is 14.4 Å². The van der Waals surface area contributed by atoms with E-state index >= 15 is 0 Å². The molecule has 6 nitrogen and oxygen atoms in total. The summed E-state index contributed by atoms with van der Waals surface area (Å²) < 4.78 is 4.85. The molecule has 0 heterocycles. The van der Waals surface area contributed by atoms with Crippen molar-refractivity contribution in [2.24, 2.45) is 0 Å². The number of carbonyl (C=O) groups excluding carboxylic acids is 3. The normalized spacial score (nSPS) is 10.1. The van der Waals surface area contributed by atoms with Gasteiger partial charge in [0.15, 0.2) is 6.61 Å². The Balaban J connectivity index is 1.73. The topological polar surface area (TPSA) is 84.5 Å². The molecular weight excluding hydrogens is 356 g/mol. The highest BCUT2D eigenvalue weighted by Crippen LogP contribution is 2.14. The minimum atomic E-state index is -0.706. The summed E-state index contributed by atoms with van der Waals surface area (Å²) in [5.74, 6) is -1.59. The van der Waals surface area contributed by atoms with E-state index in [1.165, 1.54) is 0 Å². The summed E-state index contributed by atoms with van der Waals surface area (Å²) >= 11 is 5.75. The standard InChI is InChI=1S/C19H19ClN2O4/c1-12-3-8-16(9-13(12)2)22-17(23)11-26-18(24)10-21-19(25)14-4-6-15(20)7-5-14/h3-9H,10-11H2,1-2H3,(H,21,25)(H,22,23). The summed E-state index contributed by atoms with van der Waals surface area (Å²) in [6.07, 6.45) is 0. The maximum absolute atomic E-state index is 11.9. The van der Waals surface area contributed by atoms with E-state index in [1.54, 1.807) is 30.3 Å². The van der Waals surface area contributed by atoms with Crippen LogP contribution in [0.1, 0.15) is 21.5 Å². The number of ether oxygens (including phenoxy) is 1. The predicted octanol–water partition coefficient (Wildman–Crippen LogP) is 2.87.